The Balaban J connectivity index is 2.19. The molecule has 0 aromatic rings. The predicted octanol–water partition coefficient (Wildman–Crippen LogP) is 1.61. The average molecular weight is 302 g/mol. The minimum atomic E-state index is -3.31. The zero-order chi connectivity index (χ0) is 14.8. The van der Waals surface area contributed by atoms with Crippen molar-refractivity contribution in [3.05, 3.63) is 11.2 Å². The SMILES string of the molecule is CCC(=O)ON1C=C(S(=O)(=O)CC)N(C2CCCC2)C1. The van der Waals surface area contributed by atoms with E-state index in [9.17, 15) is 13.2 Å². The number of hydrogen-bond acceptors (Lipinski definition) is 6. The van der Waals surface area contributed by atoms with Crippen LogP contribution in [0.15, 0.2) is 11.2 Å². The van der Waals surface area contributed by atoms with Gasteiger partial charge in [0.05, 0.1) is 12.0 Å². The van der Waals surface area contributed by atoms with Crippen LogP contribution < -0.4 is 0 Å². The highest BCUT2D eigenvalue weighted by atomic mass is 32.2. The third-order valence-electron chi connectivity index (χ3n) is 3.80. The van der Waals surface area contributed by atoms with Crippen LogP contribution >= 0.6 is 0 Å². The minimum absolute atomic E-state index is 0.0532. The standard InChI is InChI=1S/C13H22N2O4S/c1-3-13(16)19-14-9-12(20(17,18)4-2)15(10-14)11-7-5-6-8-11/h9,11H,3-8,10H2,1-2H3. The summed E-state index contributed by atoms with van der Waals surface area (Å²) < 4.78 is 24.4. The Morgan fingerprint density at radius 3 is 2.55 bits per heavy atom. The molecule has 0 atom stereocenters. The quantitative estimate of drug-likeness (QED) is 0.768. The molecule has 0 aromatic heterocycles. The van der Waals surface area contributed by atoms with E-state index in [0.29, 0.717) is 6.67 Å². The summed E-state index contributed by atoms with van der Waals surface area (Å²) in [4.78, 5) is 18.4. The Hall–Kier alpha value is -1.24. The second-order valence-electron chi connectivity index (χ2n) is 5.15. The van der Waals surface area contributed by atoms with Gasteiger partial charge < -0.3 is 9.74 Å². The number of rotatable bonds is 5. The molecule has 1 heterocycles. The Labute approximate surface area is 120 Å². The summed E-state index contributed by atoms with van der Waals surface area (Å²) in [6, 6.07) is 0.230. The molecule has 0 saturated heterocycles. The van der Waals surface area contributed by atoms with Crippen LogP contribution in [0.2, 0.25) is 0 Å². The molecular formula is C13H22N2O4S. The lowest BCUT2D eigenvalue weighted by atomic mass is 10.2. The van der Waals surface area contributed by atoms with Crippen molar-refractivity contribution in [1.82, 2.24) is 9.96 Å². The van der Waals surface area contributed by atoms with Gasteiger partial charge in [-0.2, -0.15) is 5.06 Å². The van der Waals surface area contributed by atoms with E-state index in [4.69, 9.17) is 4.84 Å². The van der Waals surface area contributed by atoms with Gasteiger partial charge in [-0.3, -0.25) is 0 Å². The number of nitrogens with zero attached hydrogens (tertiary/aromatic N) is 2. The van der Waals surface area contributed by atoms with Crippen LogP contribution in [0, 0.1) is 0 Å². The molecule has 2 aliphatic rings. The second kappa shape index (κ2) is 6.03. The number of carbonyl (C=O) groups is 1. The van der Waals surface area contributed by atoms with E-state index < -0.39 is 9.84 Å². The fraction of sp³-hybridized carbons (Fsp3) is 0.769. The van der Waals surface area contributed by atoms with E-state index in [0.717, 1.165) is 25.7 Å². The number of hydroxylamine groups is 2. The fourth-order valence-electron chi connectivity index (χ4n) is 2.63. The molecule has 6 nitrogen and oxygen atoms in total. The van der Waals surface area contributed by atoms with Crippen molar-refractivity contribution in [2.24, 2.45) is 0 Å². The molecule has 0 bridgehead atoms. The van der Waals surface area contributed by atoms with Crippen molar-refractivity contribution >= 4 is 15.8 Å². The molecule has 0 unspecified atom stereocenters. The largest absolute Gasteiger partial charge is 0.340 e. The Morgan fingerprint density at radius 1 is 1.35 bits per heavy atom. The first-order valence-electron chi connectivity index (χ1n) is 7.16. The lowest BCUT2D eigenvalue weighted by molar-refractivity contribution is -0.180. The summed E-state index contributed by atoms with van der Waals surface area (Å²) >= 11 is 0. The van der Waals surface area contributed by atoms with Gasteiger partial charge in [-0.25, -0.2) is 13.2 Å². The van der Waals surface area contributed by atoms with E-state index in [-0.39, 0.29) is 29.2 Å². The highest BCUT2D eigenvalue weighted by molar-refractivity contribution is 7.95. The van der Waals surface area contributed by atoms with E-state index in [1.54, 1.807) is 13.8 Å². The first-order valence-corrected chi connectivity index (χ1v) is 8.81. The first-order chi connectivity index (χ1) is 9.47. The van der Waals surface area contributed by atoms with Crippen LogP contribution in [-0.4, -0.2) is 42.8 Å². The second-order valence-corrected chi connectivity index (χ2v) is 7.38. The van der Waals surface area contributed by atoms with E-state index >= 15 is 0 Å². The van der Waals surface area contributed by atoms with Gasteiger partial charge in [0.1, 0.15) is 6.67 Å². The monoisotopic (exact) mass is 302 g/mol. The van der Waals surface area contributed by atoms with Crippen LogP contribution in [0.1, 0.15) is 46.0 Å². The molecule has 7 heteroatoms. The fourth-order valence-corrected chi connectivity index (χ4v) is 3.76. The molecule has 2 rings (SSSR count). The first kappa shape index (κ1) is 15.2. The molecule has 1 aliphatic carbocycles. The number of sulfone groups is 1. The summed E-state index contributed by atoms with van der Waals surface area (Å²) in [5.41, 5.74) is 0. The van der Waals surface area contributed by atoms with Crippen LogP contribution in [0.5, 0.6) is 0 Å². The lowest BCUT2D eigenvalue weighted by Crippen LogP contribution is -2.37. The third kappa shape index (κ3) is 3.08. The van der Waals surface area contributed by atoms with Crippen molar-refractivity contribution in [1.29, 1.82) is 0 Å². The zero-order valence-electron chi connectivity index (χ0n) is 12.0. The normalized spacial score (nSPS) is 20.4. The van der Waals surface area contributed by atoms with Crippen LogP contribution in [0.3, 0.4) is 0 Å². The Kier molecular flexibility index (Phi) is 4.57. The van der Waals surface area contributed by atoms with Gasteiger partial charge in [-0.1, -0.05) is 26.7 Å². The summed E-state index contributed by atoms with van der Waals surface area (Å²) in [5, 5.41) is 1.63. The van der Waals surface area contributed by atoms with E-state index in [1.807, 2.05) is 4.90 Å². The highest BCUT2D eigenvalue weighted by Crippen LogP contribution is 2.32. The number of carbonyl (C=O) groups excluding carboxylic acids is 1. The van der Waals surface area contributed by atoms with Gasteiger partial charge in [-0.05, 0) is 12.8 Å². The summed E-state index contributed by atoms with van der Waals surface area (Å²) in [5.74, 6) is -0.305. The molecular weight excluding hydrogens is 280 g/mol. The van der Waals surface area contributed by atoms with Crippen molar-refractivity contribution in [3.8, 4) is 0 Å². The van der Waals surface area contributed by atoms with Crippen molar-refractivity contribution in [2.75, 3.05) is 12.4 Å². The van der Waals surface area contributed by atoms with Crippen LogP contribution in [-0.2, 0) is 19.5 Å². The molecule has 114 valence electrons. The highest BCUT2D eigenvalue weighted by Gasteiger charge is 2.36. The molecule has 1 aliphatic heterocycles. The molecule has 0 amide bonds. The predicted molar refractivity (Wildman–Crippen MR) is 74.7 cm³/mol. The van der Waals surface area contributed by atoms with E-state index in [2.05, 4.69) is 0 Å². The molecule has 20 heavy (non-hydrogen) atoms. The summed E-state index contributed by atoms with van der Waals surface area (Å²) in [7, 11) is -3.31. The zero-order valence-corrected chi connectivity index (χ0v) is 12.9. The van der Waals surface area contributed by atoms with Gasteiger partial charge in [0.25, 0.3) is 0 Å². The van der Waals surface area contributed by atoms with Crippen molar-refractivity contribution in [3.63, 3.8) is 0 Å². The van der Waals surface area contributed by atoms with Crippen molar-refractivity contribution in [2.45, 2.75) is 52.0 Å². The van der Waals surface area contributed by atoms with Crippen molar-refractivity contribution < 1.29 is 18.0 Å². The van der Waals surface area contributed by atoms with Crippen LogP contribution in [0.25, 0.3) is 0 Å². The lowest BCUT2D eigenvalue weighted by Gasteiger charge is -2.28. The van der Waals surface area contributed by atoms with Gasteiger partial charge in [0, 0.05) is 12.5 Å². The van der Waals surface area contributed by atoms with Gasteiger partial charge >= 0.3 is 5.97 Å². The maximum atomic E-state index is 12.2. The summed E-state index contributed by atoms with van der Waals surface area (Å²) in [6.07, 6.45) is 5.94. The van der Waals surface area contributed by atoms with Crippen LogP contribution in [0.4, 0.5) is 0 Å². The molecule has 0 aromatic carbocycles. The van der Waals surface area contributed by atoms with Gasteiger partial charge in [0.2, 0.25) is 0 Å². The molecule has 0 spiro atoms. The molecule has 1 fully saturated rings. The molecule has 1 saturated carbocycles. The maximum Gasteiger partial charge on any atom is 0.332 e. The minimum Gasteiger partial charge on any atom is -0.340 e. The van der Waals surface area contributed by atoms with Gasteiger partial charge in [0.15, 0.2) is 14.9 Å². The smallest absolute Gasteiger partial charge is 0.332 e. The molecule has 0 radical (unpaired) electrons. The van der Waals surface area contributed by atoms with Gasteiger partial charge in [-0.15, -0.1) is 0 Å². The molecule has 0 N–H and O–H groups in total. The maximum absolute atomic E-state index is 12.2. The van der Waals surface area contributed by atoms with E-state index in [1.165, 1.54) is 11.3 Å². The number of hydrogen-bond donors (Lipinski definition) is 0. The third-order valence-corrected chi connectivity index (χ3v) is 5.54. The Morgan fingerprint density at radius 2 is 2.00 bits per heavy atom. The topological polar surface area (TPSA) is 66.9 Å². The summed E-state index contributed by atoms with van der Waals surface area (Å²) in [6.45, 7) is 3.65. The average Bonchev–Trinajstić information content (AvgIpc) is 3.06. The Bertz CT molecular complexity index is 495.